The van der Waals surface area contributed by atoms with Gasteiger partial charge in [0.25, 0.3) is 0 Å². The summed E-state index contributed by atoms with van der Waals surface area (Å²) >= 11 is 0. The van der Waals surface area contributed by atoms with Gasteiger partial charge in [0.05, 0.1) is 12.1 Å². The van der Waals surface area contributed by atoms with Crippen molar-refractivity contribution in [2.45, 2.75) is 19.9 Å². The minimum atomic E-state index is -0.863. The first-order chi connectivity index (χ1) is 9.61. The minimum absolute atomic E-state index is 0.0282. The molecule has 0 atom stereocenters. The average molecular weight is 276 g/mol. The smallest absolute Gasteiger partial charge is 0.317 e. The zero-order valence-electron chi connectivity index (χ0n) is 11.3. The molecule has 0 bridgehead atoms. The highest BCUT2D eigenvalue weighted by molar-refractivity contribution is 5.82. The molecule has 0 amide bonds. The molecule has 2 rings (SSSR count). The molecule has 1 heterocycles. The molecular weight excluding hydrogens is 259 g/mol. The number of carboxylic acids is 1. The molecule has 0 unspecified atom stereocenters. The van der Waals surface area contributed by atoms with E-state index in [0.29, 0.717) is 24.0 Å². The van der Waals surface area contributed by atoms with Crippen molar-refractivity contribution in [2.24, 2.45) is 0 Å². The van der Waals surface area contributed by atoms with E-state index in [1.165, 1.54) is 6.07 Å². The topological polar surface area (TPSA) is 53.4 Å². The molecule has 0 radical (unpaired) electrons. The van der Waals surface area contributed by atoms with E-state index in [2.05, 4.69) is 4.98 Å². The standard InChI is InChI=1S/C15H17FN2O2/c1-2-8-18(10-14(19)20)9-11-5-6-13(16)12-4-3-7-17-15(11)12/h3-7H,2,8-10H2,1H3,(H,19,20). The molecule has 0 aliphatic rings. The molecule has 1 aromatic heterocycles. The molecule has 5 heteroatoms. The van der Waals surface area contributed by atoms with Gasteiger partial charge in [0.2, 0.25) is 0 Å². The van der Waals surface area contributed by atoms with Crippen molar-refractivity contribution in [2.75, 3.05) is 13.1 Å². The van der Waals surface area contributed by atoms with Crippen LogP contribution >= 0.6 is 0 Å². The highest BCUT2D eigenvalue weighted by Crippen LogP contribution is 2.21. The predicted octanol–water partition coefficient (Wildman–Crippen LogP) is 2.67. The normalized spacial score (nSPS) is 11.2. The Morgan fingerprint density at radius 1 is 1.40 bits per heavy atom. The second-order valence-electron chi connectivity index (χ2n) is 4.71. The molecule has 0 saturated heterocycles. The highest BCUT2D eigenvalue weighted by Gasteiger charge is 2.13. The molecule has 0 fully saturated rings. The Labute approximate surface area is 116 Å². The van der Waals surface area contributed by atoms with Gasteiger partial charge in [0, 0.05) is 18.1 Å². The van der Waals surface area contributed by atoms with Crippen LogP contribution in [0.4, 0.5) is 4.39 Å². The van der Waals surface area contributed by atoms with Gasteiger partial charge < -0.3 is 5.11 Å². The van der Waals surface area contributed by atoms with Crippen LogP contribution < -0.4 is 0 Å². The highest BCUT2D eigenvalue weighted by atomic mass is 19.1. The minimum Gasteiger partial charge on any atom is -0.480 e. The summed E-state index contributed by atoms with van der Waals surface area (Å²) in [7, 11) is 0. The largest absolute Gasteiger partial charge is 0.480 e. The Bertz CT molecular complexity index is 616. The van der Waals surface area contributed by atoms with E-state index in [1.54, 1.807) is 24.4 Å². The van der Waals surface area contributed by atoms with Crippen molar-refractivity contribution in [3.05, 3.63) is 41.8 Å². The van der Waals surface area contributed by atoms with E-state index in [9.17, 15) is 9.18 Å². The van der Waals surface area contributed by atoms with Crippen molar-refractivity contribution in [3.63, 3.8) is 0 Å². The van der Waals surface area contributed by atoms with Crippen LogP contribution in [-0.2, 0) is 11.3 Å². The summed E-state index contributed by atoms with van der Waals surface area (Å²) in [4.78, 5) is 16.9. The molecule has 1 N–H and O–H groups in total. The Morgan fingerprint density at radius 3 is 2.90 bits per heavy atom. The molecule has 106 valence electrons. The number of pyridine rings is 1. The number of aromatic nitrogens is 1. The third kappa shape index (κ3) is 3.30. The van der Waals surface area contributed by atoms with Crippen molar-refractivity contribution >= 4 is 16.9 Å². The summed E-state index contributed by atoms with van der Waals surface area (Å²) in [6.07, 6.45) is 2.48. The van der Waals surface area contributed by atoms with Crippen molar-refractivity contribution in [1.29, 1.82) is 0 Å². The number of hydrogen-bond acceptors (Lipinski definition) is 3. The summed E-state index contributed by atoms with van der Waals surface area (Å²) in [5, 5.41) is 9.40. The quantitative estimate of drug-likeness (QED) is 0.881. The van der Waals surface area contributed by atoms with Crippen LogP contribution in [0.15, 0.2) is 30.5 Å². The fraction of sp³-hybridized carbons (Fsp3) is 0.333. The molecule has 20 heavy (non-hydrogen) atoms. The molecule has 0 aliphatic heterocycles. The Morgan fingerprint density at radius 2 is 2.20 bits per heavy atom. The van der Waals surface area contributed by atoms with Crippen LogP contribution in [-0.4, -0.2) is 34.0 Å². The zero-order chi connectivity index (χ0) is 14.5. The molecule has 0 aliphatic carbocycles. The molecular formula is C15H17FN2O2. The lowest BCUT2D eigenvalue weighted by Crippen LogP contribution is -2.30. The van der Waals surface area contributed by atoms with Gasteiger partial charge in [-0.15, -0.1) is 0 Å². The lowest BCUT2D eigenvalue weighted by atomic mass is 10.1. The summed E-state index contributed by atoms with van der Waals surface area (Å²) in [5.41, 5.74) is 1.44. The summed E-state index contributed by atoms with van der Waals surface area (Å²) in [6, 6.07) is 6.46. The summed E-state index contributed by atoms with van der Waals surface area (Å²) in [6.45, 7) is 3.10. The van der Waals surface area contributed by atoms with Gasteiger partial charge in [-0.1, -0.05) is 13.0 Å². The second kappa shape index (κ2) is 6.43. The zero-order valence-corrected chi connectivity index (χ0v) is 11.3. The first-order valence-corrected chi connectivity index (χ1v) is 6.58. The molecule has 0 saturated carbocycles. The van der Waals surface area contributed by atoms with E-state index < -0.39 is 5.97 Å². The fourth-order valence-electron chi connectivity index (χ4n) is 2.29. The lowest BCUT2D eigenvalue weighted by Gasteiger charge is -2.20. The maximum Gasteiger partial charge on any atom is 0.317 e. The van der Waals surface area contributed by atoms with E-state index in [-0.39, 0.29) is 12.4 Å². The third-order valence-corrected chi connectivity index (χ3v) is 3.09. The van der Waals surface area contributed by atoms with Gasteiger partial charge in [-0.05, 0) is 36.7 Å². The van der Waals surface area contributed by atoms with Gasteiger partial charge >= 0.3 is 5.97 Å². The summed E-state index contributed by atoms with van der Waals surface area (Å²) in [5.74, 6) is -1.17. The third-order valence-electron chi connectivity index (χ3n) is 3.09. The number of carbonyl (C=O) groups is 1. The van der Waals surface area contributed by atoms with Gasteiger partial charge in [0.15, 0.2) is 0 Å². The van der Waals surface area contributed by atoms with Gasteiger partial charge in [-0.2, -0.15) is 0 Å². The first-order valence-electron chi connectivity index (χ1n) is 6.58. The van der Waals surface area contributed by atoms with Crippen molar-refractivity contribution in [3.8, 4) is 0 Å². The monoisotopic (exact) mass is 276 g/mol. The molecule has 4 nitrogen and oxygen atoms in total. The van der Waals surface area contributed by atoms with Gasteiger partial charge in [-0.25, -0.2) is 4.39 Å². The molecule has 0 spiro atoms. The SMILES string of the molecule is CCCN(CC(=O)O)Cc1ccc(F)c2cccnc12. The Kier molecular flexibility index (Phi) is 4.63. The van der Waals surface area contributed by atoms with Crippen LogP contribution in [0.2, 0.25) is 0 Å². The van der Waals surface area contributed by atoms with Crippen LogP contribution in [0, 0.1) is 5.82 Å². The van der Waals surface area contributed by atoms with Gasteiger partial charge in [-0.3, -0.25) is 14.7 Å². The molecule has 2 aromatic rings. The maximum atomic E-state index is 13.7. The van der Waals surface area contributed by atoms with E-state index >= 15 is 0 Å². The number of aliphatic carboxylic acids is 1. The maximum absolute atomic E-state index is 13.7. The fourth-order valence-corrected chi connectivity index (χ4v) is 2.29. The van der Waals surface area contributed by atoms with Gasteiger partial charge in [0.1, 0.15) is 5.82 Å². The number of carboxylic acid groups (broad SMARTS) is 1. The predicted molar refractivity (Wildman–Crippen MR) is 74.9 cm³/mol. The average Bonchev–Trinajstić information content (AvgIpc) is 2.42. The Balaban J connectivity index is 2.32. The number of benzene rings is 1. The first kappa shape index (κ1) is 14.4. The number of nitrogens with zero attached hydrogens (tertiary/aromatic N) is 2. The number of halogens is 1. The lowest BCUT2D eigenvalue weighted by molar-refractivity contribution is -0.138. The number of fused-ring (bicyclic) bond motifs is 1. The van der Waals surface area contributed by atoms with Crippen LogP contribution in [0.1, 0.15) is 18.9 Å². The van der Waals surface area contributed by atoms with Crippen molar-refractivity contribution < 1.29 is 14.3 Å². The van der Waals surface area contributed by atoms with E-state index in [0.717, 1.165) is 12.0 Å². The second-order valence-corrected chi connectivity index (χ2v) is 4.71. The summed E-state index contributed by atoms with van der Waals surface area (Å²) < 4.78 is 13.7. The number of hydrogen-bond donors (Lipinski definition) is 1. The Hall–Kier alpha value is -2.01. The van der Waals surface area contributed by atoms with Crippen molar-refractivity contribution in [1.82, 2.24) is 9.88 Å². The van der Waals surface area contributed by atoms with Crippen LogP contribution in [0.5, 0.6) is 0 Å². The number of rotatable bonds is 6. The van der Waals surface area contributed by atoms with E-state index in [4.69, 9.17) is 5.11 Å². The van der Waals surface area contributed by atoms with Crippen LogP contribution in [0.25, 0.3) is 10.9 Å². The molecule has 1 aromatic carbocycles. The van der Waals surface area contributed by atoms with E-state index in [1.807, 2.05) is 11.8 Å². The van der Waals surface area contributed by atoms with Crippen LogP contribution in [0.3, 0.4) is 0 Å².